The first-order valence-electron chi connectivity index (χ1n) is 7.58. The Morgan fingerprint density at radius 3 is 2.80 bits per heavy atom. The molecular weight excluding hydrogens is 343 g/mol. The Bertz CT molecular complexity index is 958. The van der Waals surface area contributed by atoms with Crippen molar-refractivity contribution in [2.75, 3.05) is 5.32 Å². The molecule has 1 amide bonds. The standard InChI is InChI=1S/C18H12ClFN4O/c19-10-4-3-5-11(20)16(10)12-8-13(24-15-6-1-2-7-21-15)17-14(23-12)9-22-18(17)25/h1-8H,9H2,(H,22,25)(H,21,23,24). The fraction of sp³-hybridized carbons (Fsp3) is 0.0556. The van der Waals surface area contributed by atoms with Crippen molar-refractivity contribution >= 4 is 29.0 Å². The Labute approximate surface area is 147 Å². The van der Waals surface area contributed by atoms with Crippen molar-refractivity contribution in [3.8, 4) is 11.3 Å². The molecule has 0 bridgehead atoms. The summed E-state index contributed by atoms with van der Waals surface area (Å²) >= 11 is 6.16. The molecule has 1 aliphatic heterocycles. The lowest BCUT2D eigenvalue weighted by atomic mass is 10.1. The summed E-state index contributed by atoms with van der Waals surface area (Å²) in [5.74, 6) is -0.130. The topological polar surface area (TPSA) is 66.9 Å². The van der Waals surface area contributed by atoms with Crippen molar-refractivity contribution in [2.45, 2.75) is 6.54 Å². The molecule has 0 aliphatic carbocycles. The van der Waals surface area contributed by atoms with Crippen LogP contribution in [0.25, 0.3) is 11.3 Å². The fourth-order valence-electron chi connectivity index (χ4n) is 2.78. The van der Waals surface area contributed by atoms with Gasteiger partial charge in [-0.25, -0.2) is 14.4 Å². The summed E-state index contributed by atoms with van der Waals surface area (Å²) in [7, 11) is 0. The number of halogens is 2. The van der Waals surface area contributed by atoms with E-state index in [1.807, 2.05) is 6.07 Å². The molecule has 25 heavy (non-hydrogen) atoms. The second kappa shape index (κ2) is 6.14. The van der Waals surface area contributed by atoms with Gasteiger partial charge in [0, 0.05) is 6.20 Å². The molecule has 3 aromatic rings. The molecule has 124 valence electrons. The molecule has 1 aromatic carbocycles. The van der Waals surface area contributed by atoms with Crippen molar-refractivity contribution in [1.82, 2.24) is 15.3 Å². The Morgan fingerprint density at radius 1 is 1.16 bits per heavy atom. The minimum absolute atomic E-state index is 0.204. The van der Waals surface area contributed by atoms with Crippen LogP contribution in [-0.4, -0.2) is 15.9 Å². The van der Waals surface area contributed by atoms with Gasteiger partial charge in [0.25, 0.3) is 5.91 Å². The molecular formula is C18H12ClFN4O. The molecule has 0 saturated heterocycles. The van der Waals surface area contributed by atoms with Crippen LogP contribution in [0.5, 0.6) is 0 Å². The van der Waals surface area contributed by atoms with Gasteiger partial charge in [-0.15, -0.1) is 0 Å². The van der Waals surface area contributed by atoms with E-state index in [1.54, 1.807) is 30.5 Å². The third-order valence-electron chi connectivity index (χ3n) is 3.88. The number of rotatable bonds is 3. The molecule has 3 heterocycles. The summed E-state index contributed by atoms with van der Waals surface area (Å²) in [5.41, 5.74) is 2.04. The molecule has 5 nitrogen and oxygen atoms in total. The Morgan fingerprint density at radius 2 is 2.04 bits per heavy atom. The third kappa shape index (κ3) is 2.81. The van der Waals surface area contributed by atoms with E-state index < -0.39 is 5.82 Å². The second-order valence-electron chi connectivity index (χ2n) is 5.50. The number of fused-ring (bicyclic) bond motifs is 1. The average molecular weight is 355 g/mol. The van der Waals surface area contributed by atoms with Crippen LogP contribution in [0.1, 0.15) is 16.1 Å². The lowest BCUT2D eigenvalue weighted by molar-refractivity contribution is 0.0966. The quantitative estimate of drug-likeness (QED) is 0.748. The van der Waals surface area contributed by atoms with Crippen LogP contribution in [0, 0.1) is 5.82 Å². The number of pyridine rings is 2. The van der Waals surface area contributed by atoms with Crippen LogP contribution in [0.15, 0.2) is 48.7 Å². The molecule has 1 aliphatic rings. The van der Waals surface area contributed by atoms with E-state index in [4.69, 9.17) is 11.6 Å². The number of nitrogens with one attached hydrogen (secondary N) is 2. The number of amides is 1. The van der Waals surface area contributed by atoms with Crippen LogP contribution in [-0.2, 0) is 6.54 Å². The van der Waals surface area contributed by atoms with Gasteiger partial charge in [0.1, 0.15) is 11.6 Å². The second-order valence-corrected chi connectivity index (χ2v) is 5.90. The van der Waals surface area contributed by atoms with Gasteiger partial charge in [-0.1, -0.05) is 23.7 Å². The smallest absolute Gasteiger partial charge is 0.255 e. The molecule has 0 saturated carbocycles. The molecule has 0 fully saturated rings. The highest BCUT2D eigenvalue weighted by Gasteiger charge is 2.26. The number of carbonyl (C=O) groups excluding carboxylic acids is 1. The molecule has 0 unspecified atom stereocenters. The van der Waals surface area contributed by atoms with Crippen molar-refractivity contribution < 1.29 is 9.18 Å². The summed E-state index contributed by atoms with van der Waals surface area (Å²) < 4.78 is 14.3. The zero-order valence-electron chi connectivity index (χ0n) is 12.9. The minimum atomic E-state index is -0.471. The van der Waals surface area contributed by atoms with E-state index in [0.29, 0.717) is 28.5 Å². The Kier molecular flexibility index (Phi) is 3.82. The van der Waals surface area contributed by atoms with E-state index in [1.165, 1.54) is 12.1 Å². The molecule has 0 radical (unpaired) electrons. The van der Waals surface area contributed by atoms with Crippen LogP contribution in [0.4, 0.5) is 15.9 Å². The summed E-state index contributed by atoms with van der Waals surface area (Å²) in [6.07, 6.45) is 1.64. The van der Waals surface area contributed by atoms with Crippen molar-refractivity contribution in [2.24, 2.45) is 0 Å². The molecule has 2 N–H and O–H groups in total. The van der Waals surface area contributed by atoms with E-state index >= 15 is 0 Å². The predicted molar refractivity (Wildman–Crippen MR) is 93.3 cm³/mol. The molecule has 4 rings (SSSR count). The van der Waals surface area contributed by atoms with Gasteiger partial charge >= 0.3 is 0 Å². The molecule has 0 spiro atoms. The number of benzene rings is 1. The van der Waals surface area contributed by atoms with Crippen molar-refractivity contribution in [3.05, 3.63) is 70.8 Å². The van der Waals surface area contributed by atoms with Crippen LogP contribution >= 0.6 is 11.6 Å². The first-order chi connectivity index (χ1) is 12.1. The van der Waals surface area contributed by atoms with E-state index in [0.717, 1.165) is 0 Å². The highest BCUT2D eigenvalue weighted by atomic mass is 35.5. The van der Waals surface area contributed by atoms with E-state index in [-0.39, 0.29) is 23.0 Å². The van der Waals surface area contributed by atoms with Crippen molar-refractivity contribution in [1.29, 1.82) is 0 Å². The van der Waals surface area contributed by atoms with Gasteiger partial charge in [-0.2, -0.15) is 0 Å². The van der Waals surface area contributed by atoms with Gasteiger partial charge in [0.05, 0.1) is 39.8 Å². The van der Waals surface area contributed by atoms with Gasteiger partial charge in [0.2, 0.25) is 0 Å². The van der Waals surface area contributed by atoms with E-state index in [2.05, 4.69) is 20.6 Å². The zero-order chi connectivity index (χ0) is 17.4. The number of nitrogens with zero attached hydrogens (tertiary/aromatic N) is 2. The van der Waals surface area contributed by atoms with Gasteiger partial charge < -0.3 is 10.6 Å². The lowest BCUT2D eigenvalue weighted by Crippen LogP contribution is -2.13. The van der Waals surface area contributed by atoms with Crippen LogP contribution < -0.4 is 10.6 Å². The maximum absolute atomic E-state index is 14.3. The predicted octanol–water partition coefficient (Wildman–Crippen LogP) is 3.92. The first kappa shape index (κ1) is 15.5. The fourth-order valence-corrected chi connectivity index (χ4v) is 3.04. The van der Waals surface area contributed by atoms with Crippen LogP contribution in [0.3, 0.4) is 0 Å². The number of aromatic nitrogens is 2. The summed E-state index contributed by atoms with van der Waals surface area (Å²) in [5, 5.41) is 6.09. The average Bonchev–Trinajstić information content (AvgIpc) is 2.97. The van der Waals surface area contributed by atoms with E-state index in [9.17, 15) is 9.18 Å². The summed E-state index contributed by atoms with van der Waals surface area (Å²) in [6.45, 7) is 0.283. The maximum atomic E-state index is 14.3. The normalized spacial score (nSPS) is 12.6. The molecule has 0 atom stereocenters. The maximum Gasteiger partial charge on any atom is 0.255 e. The monoisotopic (exact) mass is 354 g/mol. The number of carbonyl (C=O) groups is 1. The summed E-state index contributed by atoms with van der Waals surface area (Å²) in [6, 6.07) is 11.5. The van der Waals surface area contributed by atoms with Gasteiger partial charge in [0.15, 0.2) is 0 Å². The van der Waals surface area contributed by atoms with Crippen molar-refractivity contribution in [3.63, 3.8) is 0 Å². The molecule has 2 aromatic heterocycles. The Hall–Kier alpha value is -2.99. The largest absolute Gasteiger partial charge is 0.346 e. The highest BCUT2D eigenvalue weighted by molar-refractivity contribution is 6.33. The third-order valence-corrected chi connectivity index (χ3v) is 4.20. The summed E-state index contributed by atoms with van der Waals surface area (Å²) in [4.78, 5) is 20.8. The number of hydrogen-bond donors (Lipinski definition) is 2. The van der Waals surface area contributed by atoms with Gasteiger partial charge in [-0.05, 0) is 30.3 Å². The zero-order valence-corrected chi connectivity index (χ0v) is 13.6. The lowest BCUT2D eigenvalue weighted by Gasteiger charge is -2.12. The minimum Gasteiger partial charge on any atom is -0.346 e. The first-order valence-corrected chi connectivity index (χ1v) is 7.96. The molecule has 7 heteroatoms. The number of anilines is 2. The highest BCUT2D eigenvalue weighted by Crippen LogP contribution is 2.34. The van der Waals surface area contributed by atoms with Gasteiger partial charge in [-0.3, -0.25) is 4.79 Å². The number of hydrogen-bond acceptors (Lipinski definition) is 4. The Balaban J connectivity index is 1.88. The SMILES string of the molecule is O=C1NCc2nc(-c3c(F)cccc3Cl)cc(Nc3ccccn3)c21. The van der Waals surface area contributed by atoms with Crippen LogP contribution in [0.2, 0.25) is 5.02 Å².